The fourth-order valence-corrected chi connectivity index (χ4v) is 5.18. The van der Waals surface area contributed by atoms with Crippen LogP contribution in [0.25, 0.3) is 0 Å². The van der Waals surface area contributed by atoms with Crippen molar-refractivity contribution < 1.29 is 21.6 Å². The molecule has 2 N–H and O–H groups in total. The van der Waals surface area contributed by atoms with Gasteiger partial charge in [0.15, 0.2) is 0 Å². The molecule has 3 rings (SSSR count). The highest BCUT2D eigenvalue weighted by molar-refractivity contribution is 7.93. The van der Waals surface area contributed by atoms with Gasteiger partial charge in [-0.15, -0.1) is 0 Å². The highest BCUT2D eigenvalue weighted by Crippen LogP contribution is 2.25. The van der Waals surface area contributed by atoms with Gasteiger partial charge in [0.05, 0.1) is 22.6 Å². The van der Waals surface area contributed by atoms with E-state index in [2.05, 4.69) is 9.44 Å². The molecule has 0 spiro atoms. The van der Waals surface area contributed by atoms with Crippen LogP contribution in [0.3, 0.4) is 0 Å². The number of methoxy groups -OCH3 is 1. The zero-order valence-corrected chi connectivity index (χ0v) is 19.4. The van der Waals surface area contributed by atoms with Crippen LogP contribution in [-0.2, 0) is 20.0 Å². The molecule has 0 aliphatic heterocycles. The Morgan fingerprint density at radius 3 is 1.84 bits per heavy atom. The second-order valence-electron chi connectivity index (χ2n) is 6.83. The molecule has 7 nitrogen and oxygen atoms in total. The summed E-state index contributed by atoms with van der Waals surface area (Å²) in [5.41, 5.74) is 2.06. The average molecular weight is 481 g/mol. The first-order valence-corrected chi connectivity index (χ1v) is 12.4. The van der Waals surface area contributed by atoms with Crippen molar-refractivity contribution in [1.29, 1.82) is 0 Å². The summed E-state index contributed by atoms with van der Waals surface area (Å²) in [6.45, 7) is 3.55. The van der Waals surface area contributed by atoms with Crippen LogP contribution in [0.4, 0.5) is 11.4 Å². The largest absolute Gasteiger partial charge is 0.496 e. The second-order valence-corrected chi connectivity index (χ2v) is 10.6. The van der Waals surface area contributed by atoms with E-state index in [1.54, 1.807) is 25.1 Å². The minimum atomic E-state index is -3.87. The maximum Gasteiger partial charge on any atom is 0.261 e. The van der Waals surface area contributed by atoms with Gasteiger partial charge in [-0.1, -0.05) is 17.7 Å². The van der Waals surface area contributed by atoms with E-state index < -0.39 is 20.0 Å². The van der Waals surface area contributed by atoms with Gasteiger partial charge in [0.1, 0.15) is 5.75 Å². The summed E-state index contributed by atoms with van der Waals surface area (Å²) >= 11 is 6.04. The molecule has 0 aliphatic rings. The number of halogens is 1. The smallest absolute Gasteiger partial charge is 0.261 e. The van der Waals surface area contributed by atoms with Gasteiger partial charge in [0, 0.05) is 10.7 Å². The third-order valence-corrected chi connectivity index (χ3v) is 7.70. The van der Waals surface area contributed by atoms with E-state index in [1.807, 2.05) is 6.92 Å². The van der Waals surface area contributed by atoms with Crippen LogP contribution in [0.5, 0.6) is 5.75 Å². The monoisotopic (exact) mass is 480 g/mol. The van der Waals surface area contributed by atoms with E-state index in [9.17, 15) is 16.8 Å². The van der Waals surface area contributed by atoms with Crippen LogP contribution in [0, 0.1) is 13.8 Å². The molecule has 0 saturated heterocycles. The standard InChI is InChI=1S/C21H21ClN2O5S2/c1-14-4-5-17(13-20(14)22)24-30(25,26)18-8-6-16(7-9-18)23-31(27,28)19-10-11-21(29-3)15(2)12-19/h4-13,23-24H,1-3H3. The number of hydrogen-bond acceptors (Lipinski definition) is 5. The van der Waals surface area contributed by atoms with Gasteiger partial charge in [-0.25, -0.2) is 16.8 Å². The number of nitrogens with one attached hydrogen (secondary N) is 2. The Kier molecular flexibility index (Phi) is 6.49. The van der Waals surface area contributed by atoms with Gasteiger partial charge in [0.25, 0.3) is 20.0 Å². The Balaban J connectivity index is 1.79. The summed E-state index contributed by atoms with van der Waals surface area (Å²) in [7, 11) is -6.21. The topological polar surface area (TPSA) is 102 Å². The molecular formula is C21H21ClN2O5S2. The normalized spacial score (nSPS) is 11.7. The van der Waals surface area contributed by atoms with Crippen molar-refractivity contribution in [3.05, 3.63) is 76.8 Å². The number of sulfonamides is 2. The molecule has 0 aromatic heterocycles. The van der Waals surface area contributed by atoms with E-state index in [0.29, 0.717) is 22.0 Å². The van der Waals surface area contributed by atoms with E-state index in [-0.39, 0.29) is 15.5 Å². The molecule has 164 valence electrons. The lowest BCUT2D eigenvalue weighted by Crippen LogP contribution is -2.15. The Morgan fingerprint density at radius 2 is 1.26 bits per heavy atom. The third kappa shape index (κ3) is 5.30. The van der Waals surface area contributed by atoms with Gasteiger partial charge in [-0.2, -0.15) is 0 Å². The summed E-state index contributed by atoms with van der Waals surface area (Å²) in [5, 5.41) is 0.443. The lowest BCUT2D eigenvalue weighted by atomic mass is 10.2. The first-order chi connectivity index (χ1) is 14.5. The molecule has 0 fully saturated rings. The van der Waals surface area contributed by atoms with Crippen LogP contribution < -0.4 is 14.2 Å². The van der Waals surface area contributed by atoms with Crippen molar-refractivity contribution in [2.24, 2.45) is 0 Å². The first kappa shape index (κ1) is 22.9. The average Bonchev–Trinajstić information content (AvgIpc) is 2.70. The molecule has 0 bridgehead atoms. The lowest BCUT2D eigenvalue weighted by molar-refractivity contribution is 0.411. The van der Waals surface area contributed by atoms with E-state index >= 15 is 0 Å². The van der Waals surface area contributed by atoms with Crippen LogP contribution in [0.2, 0.25) is 5.02 Å². The SMILES string of the molecule is COc1ccc(S(=O)(=O)Nc2ccc(S(=O)(=O)Nc3ccc(C)c(Cl)c3)cc2)cc1C. The molecule has 0 unspecified atom stereocenters. The van der Waals surface area contributed by atoms with Gasteiger partial charge in [0.2, 0.25) is 0 Å². The molecular weight excluding hydrogens is 460 g/mol. The number of hydrogen-bond donors (Lipinski definition) is 2. The quantitative estimate of drug-likeness (QED) is 0.516. The second kappa shape index (κ2) is 8.78. The molecule has 0 aliphatic carbocycles. The van der Waals surface area contributed by atoms with Gasteiger partial charge >= 0.3 is 0 Å². The summed E-state index contributed by atoms with van der Waals surface area (Å²) in [6, 6.07) is 14.7. The van der Waals surface area contributed by atoms with E-state index in [0.717, 1.165) is 5.56 Å². The maximum atomic E-state index is 12.6. The van der Waals surface area contributed by atoms with Crippen molar-refractivity contribution >= 4 is 43.0 Å². The Labute approximate surface area is 187 Å². The summed E-state index contributed by atoms with van der Waals surface area (Å²) in [4.78, 5) is 0.0489. The predicted molar refractivity (Wildman–Crippen MR) is 122 cm³/mol. The molecule has 0 amide bonds. The molecule has 10 heteroatoms. The van der Waals surface area contributed by atoms with Crippen LogP contribution >= 0.6 is 11.6 Å². The number of anilines is 2. The molecule has 0 saturated carbocycles. The molecule has 31 heavy (non-hydrogen) atoms. The van der Waals surface area contributed by atoms with Crippen molar-refractivity contribution in [3.8, 4) is 5.75 Å². The molecule has 0 atom stereocenters. The van der Waals surface area contributed by atoms with Crippen LogP contribution in [0.1, 0.15) is 11.1 Å². The molecule has 3 aromatic rings. The van der Waals surface area contributed by atoms with Crippen LogP contribution in [0.15, 0.2) is 70.5 Å². The first-order valence-electron chi connectivity index (χ1n) is 9.08. The number of ether oxygens (including phenoxy) is 1. The zero-order valence-electron chi connectivity index (χ0n) is 17.0. The minimum absolute atomic E-state index is 0.0209. The van der Waals surface area contributed by atoms with Crippen LogP contribution in [-0.4, -0.2) is 23.9 Å². The van der Waals surface area contributed by atoms with E-state index in [4.69, 9.17) is 16.3 Å². The summed E-state index contributed by atoms with van der Waals surface area (Å²) in [6.07, 6.45) is 0. The Bertz CT molecular complexity index is 1320. The fourth-order valence-electron chi connectivity index (χ4n) is 2.80. The predicted octanol–water partition coefficient (Wildman–Crippen LogP) is 4.57. The zero-order chi connectivity index (χ0) is 22.8. The highest BCUT2D eigenvalue weighted by Gasteiger charge is 2.18. The summed E-state index contributed by atoms with van der Waals surface area (Å²) < 4.78 is 60.5. The molecule has 0 heterocycles. The third-order valence-electron chi connectivity index (χ3n) is 4.52. The lowest BCUT2D eigenvalue weighted by Gasteiger charge is -2.12. The number of aryl methyl sites for hydroxylation is 2. The Hall–Kier alpha value is -2.75. The fraction of sp³-hybridized carbons (Fsp3) is 0.143. The van der Waals surface area contributed by atoms with Gasteiger partial charge in [-0.05, 0) is 79.6 Å². The minimum Gasteiger partial charge on any atom is -0.496 e. The summed E-state index contributed by atoms with van der Waals surface area (Å²) in [5.74, 6) is 0.580. The van der Waals surface area contributed by atoms with Crippen molar-refractivity contribution in [3.63, 3.8) is 0 Å². The molecule has 3 aromatic carbocycles. The number of rotatable bonds is 7. The van der Waals surface area contributed by atoms with Crippen molar-refractivity contribution in [1.82, 2.24) is 0 Å². The van der Waals surface area contributed by atoms with Crippen molar-refractivity contribution in [2.45, 2.75) is 23.6 Å². The number of benzene rings is 3. The van der Waals surface area contributed by atoms with Crippen molar-refractivity contribution in [2.75, 3.05) is 16.6 Å². The van der Waals surface area contributed by atoms with E-state index in [1.165, 1.54) is 49.6 Å². The maximum absolute atomic E-state index is 12.6. The van der Waals surface area contributed by atoms with Gasteiger partial charge in [-0.3, -0.25) is 9.44 Å². The highest BCUT2D eigenvalue weighted by atomic mass is 35.5. The van der Waals surface area contributed by atoms with Gasteiger partial charge < -0.3 is 4.74 Å². The Morgan fingerprint density at radius 1 is 0.710 bits per heavy atom. The molecule has 0 radical (unpaired) electrons.